The van der Waals surface area contributed by atoms with Crippen LogP contribution in [0.3, 0.4) is 0 Å². The van der Waals surface area contributed by atoms with E-state index in [4.69, 9.17) is 4.74 Å². The number of carbonyl (C=O) groups excluding carboxylic acids is 1. The molecule has 0 bridgehead atoms. The van der Waals surface area contributed by atoms with Gasteiger partial charge in [-0.15, -0.1) is 11.8 Å². The first-order valence-corrected chi connectivity index (χ1v) is 12.9. The molecule has 10 heteroatoms. The Morgan fingerprint density at radius 1 is 1.03 bits per heavy atom. The molecule has 2 heterocycles. The summed E-state index contributed by atoms with van der Waals surface area (Å²) in [5.41, 5.74) is 1.55. The number of carboxylic acids is 1. The number of anilines is 2. The number of hydrogen-bond acceptors (Lipinski definition) is 6. The molecule has 5 rings (SSSR count). The fraction of sp³-hybridized carbons (Fsp3) is 0.167. The van der Waals surface area contributed by atoms with Crippen LogP contribution in [0.5, 0.6) is 5.75 Å². The van der Waals surface area contributed by atoms with Crippen molar-refractivity contribution in [1.29, 1.82) is 0 Å². The van der Waals surface area contributed by atoms with Crippen LogP contribution in [-0.4, -0.2) is 44.3 Å². The van der Waals surface area contributed by atoms with Crippen LogP contribution < -0.4 is 13.9 Å². The van der Waals surface area contributed by atoms with Gasteiger partial charge < -0.3 is 9.84 Å². The minimum absolute atomic E-state index is 0.0532. The average molecular weight is 497 g/mol. The number of carboxylic acid groups (broad SMARTS) is 1. The van der Waals surface area contributed by atoms with Crippen LogP contribution in [0.1, 0.15) is 11.6 Å². The van der Waals surface area contributed by atoms with E-state index in [0.717, 1.165) is 15.4 Å². The quantitative estimate of drug-likeness (QED) is 0.576. The number of nitrogens with zero attached hydrogens (tertiary/aromatic N) is 2. The third-order valence-electron chi connectivity index (χ3n) is 5.69. The highest BCUT2D eigenvalue weighted by molar-refractivity contribution is 8.00. The molecule has 0 aliphatic carbocycles. The molecule has 174 valence electrons. The lowest BCUT2D eigenvalue weighted by Crippen LogP contribution is -2.42. The highest BCUT2D eigenvalue weighted by atomic mass is 32.2. The number of ether oxygens (including phenoxy) is 1. The van der Waals surface area contributed by atoms with Crippen molar-refractivity contribution in [2.24, 2.45) is 0 Å². The van der Waals surface area contributed by atoms with Crippen molar-refractivity contribution in [2.45, 2.75) is 15.8 Å². The Balaban J connectivity index is 1.64. The lowest BCUT2D eigenvalue weighted by molar-refractivity contribution is -0.137. The number of benzene rings is 3. The van der Waals surface area contributed by atoms with Crippen molar-refractivity contribution in [1.82, 2.24) is 0 Å². The number of sulfonamides is 1. The third-order valence-corrected chi connectivity index (χ3v) is 8.65. The maximum absolute atomic E-state index is 14.1. The Bertz CT molecular complexity index is 1380. The van der Waals surface area contributed by atoms with Gasteiger partial charge in [0, 0.05) is 10.6 Å². The number of aliphatic carboxylic acids is 1. The van der Waals surface area contributed by atoms with E-state index in [1.165, 1.54) is 22.5 Å². The van der Waals surface area contributed by atoms with E-state index in [1.54, 1.807) is 23.9 Å². The third kappa shape index (κ3) is 3.88. The summed E-state index contributed by atoms with van der Waals surface area (Å²) in [7, 11) is -4.10. The molecule has 34 heavy (non-hydrogen) atoms. The predicted octanol–water partition coefficient (Wildman–Crippen LogP) is 3.54. The van der Waals surface area contributed by atoms with E-state index >= 15 is 0 Å². The van der Waals surface area contributed by atoms with Gasteiger partial charge in [0.2, 0.25) is 0 Å². The monoisotopic (exact) mass is 496 g/mol. The number of amides is 1. The first kappa shape index (κ1) is 22.3. The molecule has 2 aliphatic rings. The number of hydrogen-bond donors (Lipinski definition) is 1. The lowest BCUT2D eigenvalue weighted by atomic mass is 10.1. The molecule has 0 unspecified atom stereocenters. The molecule has 0 radical (unpaired) electrons. The normalized spacial score (nSPS) is 17.5. The van der Waals surface area contributed by atoms with Crippen molar-refractivity contribution in [3.63, 3.8) is 0 Å². The Morgan fingerprint density at radius 3 is 2.53 bits per heavy atom. The van der Waals surface area contributed by atoms with E-state index < -0.39 is 34.5 Å². The zero-order valence-corrected chi connectivity index (χ0v) is 19.5. The summed E-state index contributed by atoms with van der Waals surface area (Å²) in [6, 6.07) is 20.5. The highest BCUT2D eigenvalue weighted by Gasteiger charge is 2.38. The van der Waals surface area contributed by atoms with Crippen molar-refractivity contribution in [3.8, 4) is 5.75 Å². The van der Waals surface area contributed by atoms with Crippen molar-refractivity contribution in [2.75, 3.05) is 28.1 Å². The zero-order valence-electron chi connectivity index (χ0n) is 17.8. The average Bonchev–Trinajstić information content (AvgIpc) is 2.85. The molecule has 8 nitrogen and oxygen atoms in total. The molecule has 2 aliphatic heterocycles. The number of fused-ring (bicyclic) bond motifs is 2. The van der Waals surface area contributed by atoms with E-state index in [9.17, 15) is 23.1 Å². The fourth-order valence-corrected chi connectivity index (χ4v) is 7.13. The lowest BCUT2D eigenvalue weighted by Gasteiger charge is -2.38. The summed E-state index contributed by atoms with van der Waals surface area (Å²) in [5, 5.41) is 9.25. The molecule has 0 aromatic heterocycles. The number of thioether (sulfide) groups is 1. The van der Waals surface area contributed by atoms with E-state index in [0.29, 0.717) is 11.4 Å². The molecule has 3 aromatic carbocycles. The molecule has 0 saturated heterocycles. The zero-order chi connectivity index (χ0) is 23.9. The van der Waals surface area contributed by atoms with E-state index in [-0.39, 0.29) is 22.9 Å². The van der Waals surface area contributed by atoms with E-state index in [2.05, 4.69) is 0 Å². The van der Waals surface area contributed by atoms with Crippen LogP contribution >= 0.6 is 11.8 Å². The summed E-state index contributed by atoms with van der Waals surface area (Å²) in [6.45, 7) is -0.895. The maximum Gasteiger partial charge on any atom is 0.323 e. The van der Waals surface area contributed by atoms with Gasteiger partial charge in [0.25, 0.3) is 15.9 Å². The molecular weight excluding hydrogens is 476 g/mol. The van der Waals surface area contributed by atoms with Gasteiger partial charge in [-0.2, -0.15) is 0 Å². The largest absolute Gasteiger partial charge is 0.482 e. The van der Waals surface area contributed by atoms with E-state index in [1.807, 2.05) is 42.5 Å². The van der Waals surface area contributed by atoms with Gasteiger partial charge in [-0.3, -0.25) is 18.8 Å². The van der Waals surface area contributed by atoms with Crippen molar-refractivity contribution >= 4 is 45.0 Å². The molecule has 1 amide bonds. The van der Waals surface area contributed by atoms with Crippen LogP contribution in [0, 0.1) is 0 Å². The molecule has 1 N–H and O–H groups in total. The number of rotatable bonds is 5. The predicted molar refractivity (Wildman–Crippen MR) is 128 cm³/mol. The SMILES string of the molecule is O=C(O)CN1C(=O)COc2ccc(S(=O)(=O)N3c4ccccc4SC[C@H]3c3ccccc3)cc21. The van der Waals surface area contributed by atoms with Crippen LogP contribution in [0.4, 0.5) is 11.4 Å². The second-order valence-corrected chi connectivity index (χ2v) is 10.7. The Morgan fingerprint density at radius 2 is 1.76 bits per heavy atom. The second-order valence-electron chi connectivity index (χ2n) is 7.80. The van der Waals surface area contributed by atoms with Gasteiger partial charge >= 0.3 is 5.97 Å². The second kappa shape index (κ2) is 8.69. The molecule has 0 saturated carbocycles. The van der Waals surface area contributed by atoms with Crippen LogP contribution in [-0.2, 0) is 19.6 Å². The number of para-hydroxylation sites is 1. The summed E-state index contributed by atoms with van der Waals surface area (Å²) >= 11 is 1.59. The molecule has 3 aromatic rings. The van der Waals surface area contributed by atoms with Crippen LogP contribution in [0.2, 0.25) is 0 Å². The van der Waals surface area contributed by atoms with Gasteiger partial charge in [-0.1, -0.05) is 42.5 Å². The molecular formula is C24H20N2O6S2. The Kier molecular flexibility index (Phi) is 5.70. The minimum Gasteiger partial charge on any atom is -0.482 e. The summed E-state index contributed by atoms with van der Waals surface area (Å²) in [4.78, 5) is 25.5. The topological polar surface area (TPSA) is 104 Å². The van der Waals surface area contributed by atoms with Crippen LogP contribution in [0.25, 0.3) is 0 Å². The minimum atomic E-state index is -4.10. The molecule has 0 fully saturated rings. The van der Waals surface area contributed by atoms with Gasteiger partial charge in [0.05, 0.1) is 22.3 Å². The first-order chi connectivity index (χ1) is 16.4. The highest BCUT2D eigenvalue weighted by Crippen LogP contribution is 2.46. The number of carbonyl (C=O) groups is 2. The summed E-state index contributed by atoms with van der Waals surface area (Å²) in [5.74, 6) is -0.973. The molecule has 0 spiro atoms. The summed E-state index contributed by atoms with van der Waals surface area (Å²) < 4.78 is 35.0. The van der Waals surface area contributed by atoms with Crippen molar-refractivity contribution < 1.29 is 27.9 Å². The fourth-order valence-electron chi connectivity index (χ4n) is 4.13. The van der Waals surface area contributed by atoms with Crippen LogP contribution in [0.15, 0.2) is 82.6 Å². The Hall–Kier alpha value is -3.50. The maximum atomic E-state index is 14.1. The Labute approximate surface area is 200 Å². The smallest absolute Gasteiger partial charge is 0.323 e. The van der Waals surface area contributed by atoms with Gasteiger partial charge in [-0.25, -0.2) is 8.42 Å². The van der Waals surface area contributed by atoms with Gasteiger partial charge in [0.15, 0.2) is 6.61 Å². The molecule has 1 atom stereocenters. The van der Waals surface area contributed by atoms with Crippen molar-refractivity contribution in [3.05, 3.63) is 78.4 Å². The standard InChI is InChI=1S/C24H20N2O6S2/c27-23-14-32-21-11-10-17(12-19(21)25(23)13-24(28)29)34(30,31)26-18-8-4-5-9-22(18)33-15-20(26)16-6-2-1-3-7-16/h1-12,20H,13-15H2,(H,28,29)/t20-/m0/s1. The first-order valence-electron chi connectivity index (χ1n) is 10.5. The van der Waals surface area contributed by atoms with Gasteiger partial charge in [-0.05, 0) is 35.9 Å². The van der Waals surface area contributed by atoms with Gasteiger partial charge in [0.1, 0.15) is 12.3 Å². The summed E-state index contributed by atoms with van der Waals surface area (Å²) in [6.07, 6.45) is 0.